The van der Waals surface area contributed by atoms with Crippen molar-refractivity contribution in [2.75, 3.05) is 24.4 Å². The molecule has 0 fully saturated rings. The third kappa shape index (κ3) is 5.39. The molecule has 106 valence electrons. The Balaban J connectivity index is 2.74. The summed E-state index contributed by atoms with van der Waals surface area (Å²) in [6.45, 7) is 4.93. The lowest BCUT2D eigenvalue weighted by Crippen LogP contribution is -2.11. The SMILES string of the molecule is CCOc1ccc(NC(=O)CCCCl)cc1OCC. The van der Waals surface area contributed by atoms with Crippen molar-refractivity contribution in [3.8, 4) is 11.5 Å². The summed E-state index contributed by atoms with van der Waals surface area (Å²) < 4.78 is 11.0. The Labute approximate surface area is 119 Å². The van der Waals surface area contributed by atoms with Crippen LogP contribution >= 0.6 is 11.6 Å². The maximum atomic E-state index is 11.6. The molecule has 0 aliphatic heterocycles. The maximum absolute atomic E-state index is 11.6. The molecule has 0 aliphatic rings. The molecule has 0 atom stereocenters. The summed E-state index contributed by atoms with van der Waals surface area (Å²) in [5.74, 6) is 1.76. The van der Waals surface area contributed by atoms with Crippen LogP contribution in [0.2, 0.25) is 0 Å². The van der Waals surface area contributed by atoms with Gasteiger partial charge in [0.05, 0.1) is 13.2 Å². The molecule has 0 aromatic heterocycles. The predicted molar refractivity (Wildman–Crippen MR) is 77.4 cm³/mol. The minimum Gasteiger partial charge on any atom is -0.490 e. The first-order valence-corrected chi connectivity index (χ1v) is 7.00. The molecule has 0 heterocycles. The van der Waals surface area contributed by atoms with Crippen LogP contribution in [0.25, 0.3) is 0 Å². The second kappa shape index (κ2) is 8.64. The molecule has 1 amide bonds. The third-order valence-corrected chi connectivity index (χ3v) is 2.63. The van der Waals surface area contributed by atoms with Crippen LogP contribution < -0.4 is 14.8 Å². The molecule has 19 heavy (non-hydrogen) atoms. The van der Waals surface area contributed by atoms with E-state index < -0.39 is 0 Å². The van der Waals surface area contributed by atoms with Crippen molar-refractivity contribution < 1.29 is 14.3 Å². The van der Waals surface area contributed by atoms with Crippen LogP contribution in [0.3, 0.4) is 0 Å². The molecule has 1 aromatic rings. The fourth-order valence-corrected chi connectivity index (χ4v) is 1.71. The van der Waals surface area contributed by atoms with Crippen molar-refractivity contribution in [3.05, 3.63) is 18.2 Å². The zero-order valence-corrected chi connectivity index (χ0v) is 12.1. The Bertz CT molecular complexity index is 410. The molecule has 1 aromatic carbocycles. The van der Waals surface area contributed by atoms with Crippen LogP contribution in [0.5, 0.6) is 11.5 Å². The van der Waals surface area contributed by atoms with Gasteiger partial charge in [0.15, 0.2) is 11.5 Å². The lowest BCUT2D eigenvalue weighted by Gasteiger charge is -2.13. The van der Waals surface area contributed by atoms with Gasteiger partial charge in [-0.3, -0.25) is 4.79 Å². The molecular formula is C14H20ClNO3. The number of ether oxygens (including phenoxy) is 2. The van der Waals surface area contributed by atoms with E-state index in [1.54, 1.807) is 18.2 Å². The van der Waals surface area contributed by atoms with E-state index in [4.69, 9.17) is 21.1 Å². The van der Waals surface area contributed by atoms with Gasteiger partial charge in [-0.05, 0) is 32.4 Å². The number of alkyl halides is 1. The topological polar surface area (TPSA) is 47.6 Å². The first-order chi connectivity index (χ1) is 9.21. The summed E-state index contributed by atoms with van der Waals surface area (Å²) in [6.07, 6.45) is 1.09. The van der Waals surface area contributed by atoms with Gasteiger partial charge < -0.3 is 14.8 Å². The van der Waals surface area contributed by atoms with Crippen molar-refractivity contribution in [3.63, 3.8) is 0 Å². The average Bonchev–Trinajstić information content (AvgIpc) is 2.40. The lowest BCUT2D eigenvalue weighted by molar-refractivity contribution is -0.116. The van der Waals surface area contributed by atoms with E-state index in [2.05, 4.69) is 5.32 Å². The van der Waals surface area contributed by atoms with Gasteiger partial charge >= 0.3 is 0 Å². The number of rotatable bonds is 8. The van der Waals surface area contributed by atoms with Gasteiger partial charge in [-0.1, -0.05) is 0 Å². The largest absolute Gasteiger partial charge is 0.490 e. The molecule has 1 N–H and O–H groups in total. The van der Waals surface area contributed by atoms with Gasteiger partial charge in [-0.2, -0.15) is 0 Å². The molecular weight excluding hydrogens is 266 g/mol. The minimum absolute atomic E-state index is 0.0488. The molecule has 0 unspecified atom stereocenters. The molecule has 0 saturated heterocycles. The standard InChI is InChI=1S/C14H20ClNO3/c1-3-18-12-8-7-11(10-13(12)19-4-2)16-14(17)6-5-9-15/h7-8,10H,3-6,9H2,1-2H3,(H,16,17). The van der Waals surface area contributed by atoms with Gasteiger partial charge in [-0.15, -0.1) is 11.6 Å². The highest BCUT2D eigenvalue weighted by molar-refractivity contribution is 6.18. The van der Waals surface area contributed by atoms with Gasteiger partial charge in [0.2, 0.25) is 5.91 Å². The molecule has 4 nitrogen and oxygen atoms in total. The molecule has 5 heteroatoms. The van der Waals surface area contributed by atoms with Gasteiger partial charge in [0.1, 0.15) is 0 Å². The number of amides is 1. The number of hydrogen-bond donors (Lipinski definition) is 1. The van der Waals surface area contributed by atoms with Crippen molar-refractivity contribution in [2.45, 2.75) is 26.7 Å². The summed E-state index contributed by atoms with van der Waals surface area (Å²) in [6, 6.07) is 5.37. The number of carbonyl (C=O) groups excluding carboxylic acids is 1. The Morgan fingerprint density at radius 1 is 1.21 bits per heavy atom. The van der Waals surface area contributed by atoms with Crippen molar-refractivity contribution >= 4 is 23.2 Å². The van der Waals surface area contributed by atoms with Crippen molar-refractivity contribution in [1.29, 1.82) is 0 Å². The second-order valence-corrected chi connectivity index (χ2v) is 4.25. The van der Waals surface area contributed by atoms with Crippen LogP contribution in [-0.2, 0) is 4.79 Å². The average molecular weight is 286 g/mol. The van der Waals surface area contributed by atoms with E-state index in [0.717, 1.165) is 0 Å². The summed E-state index contributed by atoms with van der Waals surface area (Å²) in [5, 5.41) is 2.81. The highest BCUT2D eigenvalue weighted by Crippen LogP contribution is 2.30. The number of anilines is 1. The van der Waals surface area contributed by atoms with Gasteiger partial charge in [0, 0.05) is 24.1 Å². The fraction of sp³-hybridized carbons (Fsp3) is 0.500. The van der Waals surface area contributed by atoms with E-state index in [1.807, 2.05) is 13.8 Å². The van der Waals surface area contributed by atoms with E-state index >= 15 is 0 Å². The van der Waals surface area contributed by atoms with Gasteiger partial charge in [0.25, 0.3) is 0 Å². The van der Waals surface area contributed by atoms with E-state index in [9.17, 15) is 4.79 Å². The first kappa shape index (κ1) is 15.6. The Morgan fingerprint density at radius 3 is 2.53 bits per heavy atom. The van der Waals surface area contributed by atoms with Crippen molar-refractivity contribution in [1.82, 2.24) is 0 Å². The Kier molecular flexibility index (Phi) is 7.11. The first-order valence-electron chi connectivity index (χ1n) is 6.46. The summed E-state index contributed by atoms with van der Waals surface area (Å²) in [7, 11) is 0. The Hall–Kier alpha value is -1.42. The number of hydrogen-bond acceptors (Lipinski definition) is 3. The minimum atomic E-state index is -0.0488. The van der Waals surface area contributed by atoms with Gasteiger partial charge in [-0.25, -0.2) is 0 Å². The lowest BCUT2D eigenvalue weighted by atomic mass is 10.2. The molecule has 0 radical (unpaired) electrons. The monoisotopic (exact) mass is 285 g/mol. The maximum Gasteiger partial charge on any atom is 0.224 e. The number of halogens is 1. The van der Waals surface area contributed by atoms with Crippen LogP contribution in [-0.4, -0.2) is 25.0 Å². The third-order valence-electron chi connectivity index (χ3n) is 2.36. The highest BCUT2D eigenvalue weighted by atomic mass is 35.5. The predicted octanol–water partition coefficient (Wildman–Crippen LogP) is 3.44. The van der Waals surface area contributed by atoms with Crippen LogP contribution in [0.4, 0.5) is 5.69 Å². The zero-order chi connectivity index (χ0) is 14.1. The summed E-state index contributed by atoms with van der Waals surface area (Å²) in [4.78, 5) is 11.6. The second-order valence-electron chi connectivity index (χ2n) is 3.87. The number of carbonyl (C=O) groups is 1. The van der Waals surface area contributed by atoms with E-state index in [-0.39, 0.29) is 5.91 Å². The molecule has 0 spiro atoms. The van der Waals surface area contributed by atoms with Crippen molar-refractivity contribution in [2.24, 2.45) is 0 Å². The smallest absolute Gasteiger partial charge is 0.224 e. The molecule has 0 saturated carbocycles. The van der Waals surface area contributed by atoms with E-state index in [0.29, 0.717) is 49.1 Å². The Morgan fingerprint density at radius 2 is 1.89 bits per heavy atom. The van der Waals surface area contributed by atoms with E-state index in [1.165, 1.54) is 0 Å². The number of nitrogens with one attached hydrogen (secondary N) is 1. The fourth-order valence-electron chi connectivity index (χ4n) is 1.58. The van der Waals surface area contributed by atoms with Crippen LogP contribution in [0, 0.1) is 0 Å². The van der Waals surface area contributed by atoms with Crippen LogP contribution in [0.15, 0.2) is 18.2 Å². The summed E-state index contributed by atoms with van der Waals surface area (Å²) >= 11 is 5.55. The van der Waals surface area contributed by atoms with Crippen LogP contribution in [0.1, 0.15) is 26.7 Å². The quantitative estimate of drug-likeness (QED) is 0.744. The highest BCUT2D eigenvalue weighted by Gasteiger charge is 2.08. The molecule has 0 aliphatic carbocycles. The summed E-state index contributed by atoms with van der Waals surface area (Å²) in [5.41, 5.74) is 0.700. The molecule has 1 rings (SSSR count). The number of benzene rings is 1. The molecule has 0 bridgehead atoms. The normalized spacial score (nSPS) is 10.1. The zero-order valence-electron chi connectivity index (χ0n) is 11.4.